The Kier molecular flexibility index (Phi) is 9.26. The van der Waals surface area contributed by atoms with E-state index in [1.54, 1.807) is 0 Å². The van der Waals surface area contributed by atoms with Crippen molar-refractivity contribution in [1.29, 1.82) is 0 Å². The number of nitrogens with zero attached hydrogens (tertiary/aromatic N) is 3. The molecular formula is C23H41N5. The van der Waals surface area contributed by atoms with Crippen molar-refractivity contribution >= 4 is 5.96 Å². The van der Waals surface area contributed by atoms with E-state index in [0.717, 1.165) is 51.8 Å². The Bertz CT molecular complexity index is 588. The fraction of sp³-hybridized carbons (Fsp3) is 0.696. The van der Waals surface area contributed by atoms with E-state index in [-0.39, 0.29) is 0 Å². The fourth-order valence-electron chi connectivity index (χ4n) is 3.69. The molecule has 0 saturated carbocycles. The minimum atomic E-state index is 0.447. The van der Waals surface area contributed by atoms with Crippen LogP contribution in [-0.4, -0.2) is 74.7 Å². The van der Waals surface area contributed by atoms with Gasteiger partial charge in [0.2, 0.25) is 0 Å². The summed E-state index contributed by atoms with van der Waals surface area (Å²) >= 11 is 0. The van der Waals surface area contributed by atoms with Gasteiger partial charge in [-0.2, -0.15) is 0 Å². The van der Waals surface area contributed by atoms with Crippen LogP contribution in [0.5, 0.6) is 0 Å². The second-order valence-electron chi connectivity index (χ2n) is 8.56. The first-order chi connectivity index (χ1) is 13.4. The van der Waals surface area contributed by atoms with Crippen LogP contribution in [0.2, 0.25) is 0 Å². The SMILES string of the molecule is CCNC(=NCC(C(C)C)N1CCN(C)CC1)NCC(C)c1ccc(C)cc1. The van der Waals surface area contributed by atoms with Crippen LogP contribution >= 0.6 is 0 Å². The molecule has 1 heterocycles. The van der Waals surface area contributed by atoms with E-state index in [4.69, 9.17) is 4.99 Å². The molecule has 28 heavy (non-hydrogen) atoms. The molecular weight excluding hydrogens is 346 g/mol. The molecule has 0 spiro atoms. The molecule has 1 aromatic carbocycles. The van der Waals surface area contributed by atoms with Crippen molar-refractivity contribution in [1.82, 2.24) is 20.4 Å². The van der Waals surface area contributed by atoms with Gasteiger partial charge in [-0.15, -0.1) is 0 Å². The first-order valence-corrected chi connectivity index (χ1v) is 10.9. The molecule has 1 aliphatic heterocycles. The zero-order chi connectivity index (χ0) is 20.5. The van der Waals surface area contributed by atoms with Crippen LogP contribution in [0.3, 0.4) is 0 Å². The van der Waals surface area contributed by atoms with Crippen molar-refractivity contribution in [2.45, 2.75) is 46.6 Å². The summed E-state index contributed by atoms with van der Waals surface area (Å²) in [6.07, 6.45) is 0. The molecule has 2 N–H and O–H groups in total. The molecule has 5 nitrogen and oxygen atoms in total. The monoisotopic (exact) mass is 387 g/mol. The third kappa shape index (κ3) is 7.10. The van der Waals surface area contributed by atoms with E-state index in [1.165, 1.54) is 11.1 Å². The van der Waals surface area contributed by atoms with Crippen molar-refractivity contribution in [2.24, 2.45) is 10.9 Å². The number of guanidine groups is 1. The summed E-state index contributed by atoms with van der Waals surface area (Å²) in [5, 5.41) is 6.96. The predicted molar refractivity (Wildman–Crippen MR) is 121 cm³/mol. The molecule has 158 valence electrons. The molecule has 0 bridgehead atoms. The van der Waals surface area contributed by atoms with Crippen molar-refractivity contribution in [2.75, 3.05) is 52.9 Å². The molecule has 0 amide bonds. The van der Waals surface area contributed by atoms with Gasteiger partial charge in [0, 0.05) is 45.3 Å². The maximum atomic E-state index is 4.95. The number of nitrogens with one attached hydrogen (secondary N) is 2. The van der Waals surface area contributed by atoms with Gasteiger partial charge in [0.1, 0.15) is 0 Å². The van der Waals surface area contributed by atoms with Crippen LogP contribution in [0.4, 0.5) is 0 Å². The predicted octanol–water partition coefficient (Wildman–Crippen LogP) is 2.93. The van der Waals surface area contributed by atoms with E-state index in [1.807, 2.05) is 0 Å². The minimum absolute atomic E-state index is 0.447. The van der Waals surface area contributed by atoms with E-state index in [9.17, 15) is 0 Å². The smallest absolute Gasteiger partial charge is 0.191 e. The van der Waals surface area contributed by atoms with Crippen LogP contribution in [0.1, 0.15) is 44.7 Å². The zero-order valence-corrected chi connectivity index (χ0v) is 18.8. The van der Waals surface area contributed by atoms with Gasteiger partial charge in [0.25, 0.3) is 0 Å². The van der Waals surface area contributed by atoms with E-state index < -0.39 is 0 Å². The number of benzene rings is 1. The van der Waals surface area contributed by atoms with Gasteiger partial charge in [0.15, 0.2) is 5.96 Å². The van der Waals surface area contributed by atoms with E-state index in [0.29, 0.717) is 17.9 Å². The molecule has 0 aromatic heterocycles. The Morgan fingerprint density at radius 1 is 1.04 bits per heavy atom. The van der Waals surface area contributed by atoms with Gasteiger partial charge < -0.3 is 15.5 Å². The van der Waals surface area contributed by atoms with Gasteiger partial charge >= 0.3 is 0 Å². The van der Waals surface area contributed by atoms with Crippen molar-refractivity contribution in [3.63, 3.8) is 0 Å². The number of piperazine rings is 1. The zero-order valence-electron chi connectivity index (χ0n) is 18.8. The molecule has 1 saturated heterocycles. The highest BCUT2D eigenvalue weighted by atomic mass is 15.3. The Morgan fingerprint density at radius 3 is 2.25 bits per heavy atom. The van der Waals surface area contributed by atoms with Gasteiger partial charge in [-0.1, -0.05) is 50.6 Å². The molecule has 2 rings (SSSR count). The summed E-state index contributed by atoms with van der Waals surface area (Å²) in [4.78, 5) is 9.98. The van der Waals surface area contributed by atoms with Crippen LogP contribution in [0.25, 0.3) is 0 Å². The lowest BCUT2D eigenvalue weighted by Crippen LogP contribution is -2.52. The largest absolute Gasteiger partial charge is 0.357 e. The number of hydrogen-bond donors (Lipinski definition) is 2. The summed E-state index contributed by atoms with van der Waals surface area (Å²) in [5.74, 6) is 1.98. The maximum Gasteiger partial charge on any atom is 0.191 e. The highest BCUT2D eigenvalue weighted by molar-refractivity contribution is 5.79. The Labute approximate surface area is 172 Å². The van der Waals surface area contributed by atoms with Crippen molar-refractivity contribution < 1.29 is 0 Å². The lowest BCUT2D eigenvalue weighted by molar-refractivity contribution is 0.0925. The number of likely N-dealkylation sites (N-methyl/N-ethyl adjacent to an activating group) is 1. The summed E-state index contributed by atoms with van der Waals surface area (Å²) in [5.41, 5.74) is 2.67. The number of hydrogen-bond acceptors (Lipinski definition) is 3. The first kappa shape index (κ1) is 22.7. The Hall–Kier alpha value is -1.59. The average molecular weight is 388 g/mol. The lowest BCUT2D eigenvalue weighted by Gasteiger charge is -2.39. The van der Waals surface area contributed by atoms with E-state index >= 15 is 0 Å². The quantitative estimate of drug-likeness (QED) is 0.532. The van der Waals surface area contributed by atoms with Crippen LogP contribution < -0.4 is 10.6 Å². The molecule has 1 fully saturated rings. The highest BCUT2D eigenvalue weighted by Gasteiger charge is 2.24. The standard InChI is InChI=1S/C23H41N5/c1-7-24-23(25-16-20(5)21-10-8-19(4)9-11-21)26-17-22(18(2)3)28-14-12-27(6)13-15-28/h8-11,18,20,22H,7,12-17H2,1-6H3,(H2,24,25,26). The molecule has 2 atom stereocenters. The molecule has 1 aromatic rings. The topological polar surface area (TPSA) is 42.9 Å². The van der Waals surface area contributed by atoms with Crippen LogP contribution in [-0.2, 0) is 0 Å². The number of aliphatic imine (C=N–C) groups is 1. The van der Waals surface area contributed by atoms with Crippen molar-refractivity contribution in [3.8, 4) is 0 Å². The summed E-state index contributed by atoms with van der Waals surface area (Å²) in [7, 11) is 2.21. The van der Waals surface area contributed by atoms with Gasteiger partial charge in [-0.25, -0.2) is 0 Å². The molecule has 5 heteroatoms. The minimum Gasteiger partial charge on any atom is -0.357 e. The number of rotatable bonds is 8. The molecule has 0 radical (unpaired) electrons. The molecule has 1 aliphatic rings. The van der Waals surface area contributed by atoms with Gasteiger partial charge in [-0.3, -0.25) is 9.89 Å². The Morgan fingerprint density at radius 2 is 1.68 bits per heavy atom. The van der Waals surface area contributed by atoms with Gasteiger partial charge in [0.05, 0.1) is 6.54 Å². The second kappa shape index (κ2) is 11.4. The fourth-order valence-corrected chi connectivity index (χ4v) is 3.69. The third-order valence-electron chi connectivity index (χ3n) is 5.78. The maximum absolute atomic E-state index is 4.95. The number of aryl methyl sites for hydroxylation is 1. The third-order valence-corrected chi connectivity index (χ3v) is 5.78. The normalized spacial score (nSPS) is 18.9. The average Bonchev–Trinajstić information content (AvgIpc) is 2.67. The Balaban J connectivity index is 1.94. The highest BCUT2D eigenvalue weighted by Crippen LogP contribution is 2.15. The summed E-state index contributed by atoms with van der Waals surface area (Å²) in [6.45, 7) is 18.4. The summed E-state index contributed by atoms with van der Waals surface area (Å²) < 4.78 is 0. The van der Waals surface area contributed by atoms with E-state index in [2.05, 4.69) is 86.4 Å². The van der Waals surface area contributed by atoms with Gasteiger partial charge in [-0.05, 0) is 38.3 Å². The van der Waals surface area contributed by atoms with Crippen LogP contribution in [0, 0.1) is 12.8 Å². The second-order valence-corrected chi connectivity index (χ2v) is 8.56. The van der Waals surface area contributed by atoms with Crippen LogP contribution in [0.15, 0.2) is 29.3 Å². The molecule has 0 aliphatic carbocycles. The van der Waals surface area contributed by atoms with Crippen molar-refractivity contribution in [3.05, 3.63) is 35.4 Å². The summed E-state index contributed by atoms with van der Waals surface area (Å²) in [6, 6.07) is 9.34. The first-order valence-electron chi connectivity index (χ1n) is 10.9. The molecule has 2 unspecified atom stereocenters. The lowest BCUT2D eigenvalue weighted by atomic mass is 10.0.